The van der Waals surface area contributed by atoms with Gasteiger partial charge >= 0.3 is 0 Å². The molecule has 4 heteroatoms. The van der Waals surface area contributed by atoms with Gasteiger partial charge in [-0.25, -0.2) is 0 Å². The van der Waals surface area contributed by atoms with Crippen molar-refractivity contribution >= 4 is 22.3 Å². The van der Waals surface area contributed by atoms with Crippen LogP contribution in [-0.4, -0.2) is 18.8 Å². The molecule has 0 aliphatic rings. The molecule has 0 radical (unpaired) electrons. The first-order valence-corrected chi connectivity index (χ1v) is 3.48. The highest BCUT2D eigenvalue weighted by Crippen LogP contribution is 1.54. The highest BCUT2D eigenvalue weighted by molar-refractivity contribution is 7.77. The van der Waals surface area contributed by atoms with Gasteiger partial charge in [-0.1, -0.05) is 0 Å². The Morgan fingerprint density at radius 3 is 1.67 bits per heavy atom. The third kappa shape index (κ3) is 89.7. The van der Waals surface area contributed by atoms with Gasteiger partial charge in [0.25, 0.3) is 0 Å². The maximum Gasteiger partial charge on any atom is 0.126 e. The predicted molar refractivity (Wildman–Crippen MR) is 38.5 cm³/mol. The molecule has 0 aromatic carbocycles. The van der Waals surface area contributed by atoms with Gasteiger partial charge in [0.15, 0.2) is 0 Å². The minimum atomic E-state index is -1.32. The zero-order chi connectivity index (χ0) is 7.86. The Hall–Kier alpha value is -0.350. The van der Waals surface area contributed by atoms with Crippen LogP contribution in [-0.2, 0) is 23.9 Å². The number of carbonyl (C=O) groups is 1. The zero-order valence-electron chi connectivity index (χ0n) is 5.84. The Bertz CT molecular complexity index is 125. The van der Waals surface area contributed by atoms with Gasteiger partial charge in [0.1, 0.15) is 5.78 Å². The van der Waals surface area contributed by atoms with Crippen LogP contribution in [0, 0.1) is 0 Å². The largest absolute Gasteiger partial charge is 0.455 e. The van der Waals surface area contributed by atoms with Crippen molar-refractivity contribution in [2.24, 2.45) is 0 Å². The Morgan fingerprint density at radius 2 is 1.67 bits per heavy atom. The van der Waals surface area contributed by atoms with Gasteiger partial charge in [0, 0.05) is 7.11 Å². The van der Waals surface area contributed by atoms with Crippen molar-refractivity contribution in [3.63, 3.8) is 0 Å². The van der Waals surface area contributed by atoms with Gasteiger partial charge in [0.2, 0.25) is 0 Å². The lowest BCUT2D eigenvalue weighted by molar-refractivity contribution is -0.114. The van der Waals surface area contributed by atoms with Gasteiger partial charge < -0.3 is 13.2 Å². The second-order valence-corrected chi connectivity index (χ2v) is 2.32. The normalized spacial score (nSPS) is 8.00. The molecule has 0 aromatic rings. The fourth-order valence-corrected chi connectivity index (χ4v) is 0. The third-order valence-electron chi connectivity index (χ3n) is 0.186. The standard InChI is InChI=1S/C3H6O.C2H5O2S/c1-3(2)4;1-4-5(2)3/h1-2H3;2H2,1H3/q;-1. The molecule has 0 atom stereocenters. The summed E-state index contributed by atoms with van der Waals surface area (Å²) in [7, 11) is 0.0139. The summed E-state index contributed by atoms with van der Waals surface area (Å²) in [5, 5.41) is 0. The summed E-state index contributed by atoms with van der Waals surface area (Å²) in [6.07, 6.45) is 0. The van der Waals surface area contributed by atoms with Crippen LogP contribution in [0.4, 0.5) is 0 Å². The Balaban J connectivity index is 0. The molecule has 0 aliphatic carbocycles. The molecule has 0 fully saturated rings. The second kappa shape index (κ2) is 7.65. The average Bonchev–Trinajstić information content (AvgIpc) is 1.65. The zero-order valence-corrected chi connectivity index (χ0v) is 6.66. The van der Waals surface area contributed by atoms with Gasteiger partial charge in [0.05, 0.1) is 0 Å². The Kier molecular flexibility index (Phi) is 9.73. The molecule has 0 N–H and O–H groups in total. The van der Waals surface area contributed by atoms with Crippen LogP contribution in [0.25, 0.3) is 0 Å². The molecular weight excluding hydrogens is 140 g/mol. The van der Waals surface area contributed by atoms with Gasteiger partial charge in [-0.3, -0.25) is 0 Å². The van der Waals surface area contributed by atoms with E-state index in [4.69, 9.17) is 0 Å². The number of hydrogen-bond acceptors (Lipinski definition) is 4. The number of carbonyl (C=O) groups excluding carboxylic acids is 1. The van der Waals surface area contributed by atoms with E-state index in [0.717, 1.165) is 0 Å². The summed E-state index contributed by atoms with van der Waals surface area (Å²) in [6, 6.07) is 0. The van der Waals surface area contributed by atoms with Crippen molar-refractivity contribution in [3.8, 4) is 0 Å². The van der Waals surface area contributed by atoms with Crippen LogP contribution in [0.1, 0.15) is 13.8 Å². The topological polar surface area (TPSA) is 43.4 Å². The van der Waals surface area contributed by atoms with E-state index in [1.54, 1.807) is 0 Å². The molecule has 0 saturated carbocycles. The van der Waals surface area contributed by atoms with Crippen molar-refractivity contribution in [2.75, 3.05) is 7.11 Å². The molecule has 3 nitrogen and oxygen atoms in total. The molecule has 0 unspecified atom stereocenters. The first-order valence-electron chi connectivity index (χ1n) is 2.23. The highest BCUT2D eigenvalue weighted by atomic mass is 32.2. The number of hydrogen-bond donors (Lipinski definition) is 0. The molecule has 0 aliphatic heterocycles. The molecule has 0 amide bonds. The lowest BCUT2D eigenvalue weighted by Gasteiger charge is -1.89. The van der Waals surface area contributed by atoms with E-state index in [1.165, 1.54) is 21.0 Å². The predicted octanol–water partition coefficient (Wildman–Crippen LogP) is 0.539. The molecular formula is C5H11O3S-. The van der Waals surface area contributed by atoms with E-state index in [-0.39, 0.29) is 5.78 Å². The minimum Gasteiger partial charge on any atom is -0.455 e. The lowest BCUT2D eigenvalue weighted by atomic mass is 10.6. The molecule has 0 spiro atoms. The summed E-state index contributed by atoms with van der Waals surface area (Å²) in [4.78, 5) is 9.44. The number of ketones is 1. The average molecular weight is 151 g/mol. The fourth-order valence-electron chi connectivity index (χ4n) is 0. The van der Waals surface area contributed by atoms with E-state index >= 15 is 0 Å². The number of rotatable bonds is 1. The second-order valence-electron chi connectivity index (χ2n) is 1.38. The van der Waals surface area contributed by atoms with Crippen molar-refractivity contribution < 1.29 is 13.2 Å². The first-order chi connectivity index (χ1) is 4.00. The van der Waals surface area contributed by atoms with Crippen molar-refractivity contribution in [1.29, 1.82) is 0 Å². The maximum atomic E-state index is 9.59. The van der Waals surface area contributed by atoms with Crippen molar-refractivity contribution in [1.82, 2.24) is 0 Å². The molecule has 0 rings (SSSR count). The summed E-state index contributed by atoms with van der Waals surface area (Å²) in [5.41, 5.74) is 0. The monoisotopic (exact) mass is 151 g/mol. The maximum absolute atomic E-state index is 9.59. The van der Waals surface area contributed by atoms with Crippen LogP contribution in [0.2, 0.25) is 0 Å². The van der Waals surface area contributed by atoms with Gasteiger partial charge in [-0.15, -0.1) is 0 Å². The quantitative estimate of drug-likeness (QED) is 0.406. The molecule has 0 saturated heterocycles. The van der Waals surface area contributed by atoms with Crippen LogP contribution in [0.5, 0.6) is 0 Å². The van der Waals surface area contributed by atoms with E-state index in [1.807, 2.05) is 0 Å². The minimum absolute atomic E-state index is 0.167. The Morgan fingerprint density at radius 1 is 1.56 bits per heavy atom. The van der Waals surface area contributed by atoms with Crippen LogP contribution in [0.15, 0.2) is 0 Å². The van der Waals surface area contributed by atoms with E-state index in [2.05, 4.69) is 10.1 Å². The smallest absolute Gasteiger partial charge is 0.126 e. The van der Waals surface area contributed by atoms with E-state index in [9.17, 15) is 9.00 Å². The van der Waals surface area contributed by atoms with Crippen molar-refractivity contribution in [3.05, 3.63) is 0 Å². The summed E-state index contributed by atoms with van der Waals surface area (Å²) < 4.78 is 13.7. The van der Waals surface area contributed by atoms with Crippen LogP contribution in [0.3, 0.4) is 0 Å². The molecule has 56 valence electrons. The fraction of sp³-hybridized carbons (Fsp3) is 0.600. The third-order valence-corrected chi connectivity index (χ3v) is 0.558. The first kappa shape index (κ1) is 11.4. The number of Topliss-reactive ketones (excluding diaryl/α,β-unsaturated/α-hetero) is 1. The van der Waals surface area contributed by atoms with Crippen molar-refractivity contribution in [2.45, 2.75) is 13.8 Å². The van der Waals surface area contributed by atoms with Gasteiger partial charge in [-0.05, 0) is 13.8 Å². The summed E-state index contributed by atoms with van der Waals surface area (Å²) in [6.45, 7) is 3.06. The Labute approximate surface area is 57.3 Å². The SMILES string of the molecule is C=[S-](=O)OC.CC(C)=O. The molecule has 9 heavy (non-hydrogen) atoms. The summed E-state index contributed by atoms with van der Waals surface area (Å²) in [5.74, 6) is 3.17. The summed E-state index contributed by atoms with van der Waals surface area (Å²) >= 11 is 0. The van der Waals surface area contributed by atoms with Crippen LogP contribution < -0.4 is 0 Å². The highest BCUT2D eigenvalue weighted by Gasteiger charge is 1.62. The lowest BCUT2D eigenvalue weighted by Crippen LogP contribution is -1.70. The molecule has 0 bridgehead atoms. The van der Waals surface area contributed by atoms with E-state index in [0.29, 0.717) is 0 Å². The van der Waals surface area contributed by atoms with Gasteiger partial charge in [-0.2, -0.15) is 16.5 Å². The molecule has 0 aromatic heterocycles. The van der Waals surface area contributed by atoms with Crippen LogP contribution >= 0.6 is 0 Å². The van der Waals surface area contributed by atoms with E-state index < -0.39 is 10.7 Å². The molecule has 0 heterocycles.